The summed E-state index contributed by atoms with van der Waals surface area (Å²) in [7, 11) is 0. The number of aromatic nitrogens is 4. The molecule has 1 atom stereocenters. The molecule has 0 saturated carbocycles. The van der Waals surface area contributed by atoms with Crippen molar-refractivity contribution in [2.45, 2.75) is 81.2 Å². The van der Waals surface area contributed by atoms with Gasteiger partial charge in [-0.3, -0.25) is 34.2 Å². The molecule has 0 spiro atoms. The summed E-state index contributed by atoms with van der Waals surface area (Å²) in [5.41, 5.74) is 8.26. The number of piperidine rings is 2. The van der Waals surface area contributed by atoms with Crippen molar-refractivity contribution in [3.63, 3.8) is 0 Å². The van der Waals surface area contributed by atoms with Crippen molar-refractivity contribution in [1.29, 1.82) is 0 Å². The predicted molar refractivity (Wildman–Crippen MR) is 218 cm³/mol. The van der Waals surface area contributed by atoms with Gasteiger partial charge in [0.25, 0.3) is 11.8 Å². The Morgan fingerprint density at radius 3 is 2.32 bits per heavy atom. The quantitative estimate of drug-likeness (QED) is 0.0691. The molecule has 2 fully saturated rings. The average Bonchev–Trinajstić information content (AvgIpc) is 3.76. The lowest BCUT2D eigenvalue weighted by molar-refractivity contribution is -0.136. The normalized spacial score (nSPS) is 17.1. The van der Waals surface area contributed by atoms with Crippen LogP contribution in [0.15, 0.2) is 78.0 Å². The molecule has 5 aromatic rings. The molecule has 304 valence electrons. The molecular weight excluding hydrogens is 776 g/mol. The third-order valence-electron chi connectivity index (χ3n) is 11.1. The Kier molecular flexibility index (Phi) is 11.7. The topological polar surface area (TPSA) is 183 Å². The van der Waals surface area contributed by atoms with Crippen molar-refractivity contribution in [3.05, 3.63) is 90.0 Å². The highest BCUT2D eigenvalue weighted by atomic mass is 32.2. The summed E-state index contributed by atoms with van der Waals surface area (Å²) in [5, 5.41) is 7.86. The van der Waals surface area contributed by atoms with Crippen LogP contribution in [0.4, 0.5) is 10.2 Å². The molecule has 0 aliphatic carbocycles. The highest BCUT2D eigenvalue weighted by molar-refractivity contribution is 7.99. The number of para-hydroxylation sites is 1. The van der Waals surface area contributed by atoms with Crippen LogP contribution >= 0.6 is 11.8 Å². The maximum Gasteiger partial charge on any atom is 0.265 e. The molecule has 0 radical (unpaired) electrons. The Hall–Kier alpha value is -6.16. The van der Waals surface area contributed by atoms with E-state index in [9.17, 15) is 28.4 Å². The third kappa shape index (κ3) is 8.26. The first-order valence-electron chi connectivity index (χ1n) is 19.9. The van der Waals surface area contributed by atoms with Crippen LogP contribution in [0.5, 0.6) is 11.5 Å². The molecule has 3 aromatic carbocycles. The van der Waals surface area contributed by atoms with E-state index in [2.05, 4.69) is 15.3 Å². The van der Waals surface area contributed by atoms with Crippen molar-refractivity contribution >= 4 is 58.1 Å². The van der Waals surface area contributed by atoms with E-state index < -0.39 is 35.5 Å². The first-order chi connectivity index (χ1) is 28.7. The van der Waals surface area contributed by atoms with Crippen LogP contribution in [-0.2, 0) is 14.4 Å². The minimum absolute atomic E-state index is 0.00537. The maximum atomic E-state index is 14.8. The number of anilines is 1. The van der Waals surface area contributed by atoms with Gasteiger partial charge >= 0.3 is 0 Å². The summed E-state index contributed by atoms with van der Waals surface area (Å²) in [6.07, 6.45) is 7.74. The zero-order chi connectivity index (χ0) is 41.0. The molecule has 3 aliphatic rings. The van der Waals surface area contributed by atoms with Gasteiger partial charge in [-0.05, 0) is 86.4 Å². The van der Waals surface area contributed by atoms with Crippen LogP contribution in [0.3, 0.4) is 0 Å². The number of likely N-dealkylation sites (tertiary alicyclic amines) is 1. The number of nitrogens with one attached hydrogen (secondary N) is 1. The number of rotatable bonds is 14. The molecular formula is C43H43FN8O6S. The lowest BCUT2D eigenvalue weighted by Gasteiger charge is -2.32. The molecule has 8 rings (SSSR count). The van der Waals surface area contributed by atoms with Gasteiger partial charge in [0.05, 0.1) is 22.6 Å². The van der Waals surface area contributed by atoms with Crippen LogP contribution in [0.2, 0.25) is 0 Å². The Bertz CT molecular complexity index is 2420. The van der Waals surface area contributed by atoms with E-state index in [0.717, 1.165) is 61.2 Å². The third-order valence-corrected chi connectivity index (χ3v) is 12.2. The number of carbonyl (C=O) groups excluding carboxylic acids is 5. The fourth-order valence-electron chi connectivity index (χ4n) is 8.01. The minimum Gasteiger partial charge on any atom is -0.457 e. The summed E-state index contributed by atoms with van der Waals surface area (Å²) in [6, 6.07) is 18.8. The van der Waals surface area contributed by atoms with E-state index in [4.69, 9.17) is 15.6 Å². The molecule has 2 saturated heterocycles. The number of benzene rings is 3. The number of imide groups is 2. The van der Waals surface area contributed by atoms with E-state index in [0.29, 0.717) is 58.5 Å². The molecule has 2 aromatic heterocycles. The molecule has 1 unspecified atom stereocenters. The first-order valence-corrected chi connectivity index (χ1v) is 20.9. The van der Waals surface area contributed by atoms with Gasteiger partial charge in [-0.2, -0.15) is 5.10 Å². The Morgan fingerprint density at radius 1 is 0.847 bits per heavy atom. The van der Waals surface area contributed by atoms with Crippen LogP contribution in [0.25, 0.3) is 22.3 Å². The predicted octanol–water partition coefficient (Wildman–Crippen LogP) is 6.70. The van der Waals surface area contributed by atoms with Crippen LogP contribution in [-0.4, -0.2) is 84.0 Å². The number of amides is 5. The van der Waals surface area contributed by atoms with Gasteiger partial charge in [0.1, 0.15) is 41.2 Å². The molecule has 0 bridgehead atoms. The summed E-state index contributed by atoms with van der Waals surface area (Å²) >= 11 is 1.37. The number of unbranched alkanes of at least 4 members (excludes halogenated alkanes) is 4. The second-order valence-electron chi connectivity index (χ2n) is 14.9. The first kappa shape index (κ1) is 39.7. The SMILES string of the molecule is Nc1ncnc2c1c(-c1ccc(Oc3ccccc3)cc1)nn2C1CCN(C(=O)CCCCCCCSc2ccc(F)c3c2C(=O)N(C2CCC(=O)NC2=O)C3=O)CC1. The standard InChI is InChI=1S/C43H43FN8O6S/c44-30-16-18-32(36-35(30)42(56)51(43(36)57)31-17-19-33(53)48-41(31)55)59-24-8-3-1-2-7-11-34(54)50-22-20-27(21-23-50)52-40-37(39(45)46-25-47-40)38(49-52)26-12-14-29(15-13-26)58-28-9-5-4-6-10-28/h4-6,9-10,12-16,18,25,27,31H,1-3,7-8,11,17,19-24H2,(H2,45,46,47)(H,48,53,55). The smallest absolute Gasteiger partial charge is 0.265 e. The highest BCUT2D eigenvalue weighted by Crippen LogP contribution is 2.38. The number of ether oxygens (including phenoxy) is 1. The van der Waals surface area contributed by atoms with Gasteiger partial charge in [-0.15, -0.1) is 11.8 Å². The largest absolute Gasteiger partial charge is 0.457 e. The Balaban J connectivity index is 0.782. The van der Waals surface area contributed by atoms with Gasteiger partial charge in [0.15, 0.2) is 5.65 Å². The number of hydrogen-bond donors (Lipinski definition) is 2. The molecule has 5 heterocycles. The van der Waals surface area contributed by atoms with E-state index in [1.54, 1.807) is 0 Å². The number of carbonyl (C=O) groups is 5. The molecule has 16 heteroatoms. The molecule has 59 heavy (non-hydrogen) atoms. The van der Waals surface area contributed by atoms with Crippen molar-refractivity contribution in [3.8, 4) is 22.8 Å². The number of nitrogens with two attached hydrogens (primary N) is 1. The minimum atomic E-state index is -1.15. The Labute approximate surface area is 343 Å². The summed E-state index contributed by atoms with van der Waals surface area (Å²) < 4.78 is 22.7. The van der Waals surface area contributed by atoms with Crippen LogP contribution < -0.4 is 15.8 Å². The zero-order valence-corrected chi connectivity index (χ0v) is 33.1. The van der Waals surface area contributed by atoms with Gasteiger partial charge in [0.2, 0.25) is 17.7 Å². The fourth-order valence-corrected chi connectivity index (χ4v) is 9.08. The van der Waals surface area contributed by atoms with Gasteiger partial charge in [-0.25, -0.2) is 19.0 Å². The van der Waals surface area contributed by atoms with E-state index >= 15 is 0 Å². The number of nitrogen functional groups attached to an aromatic ring is 1. The van der Waals surface area contributed by atoms with Crippen molar-refractivity contribution in [2.24, 2.45) is 0 Å². The van der Waals surface area contributed by atoms with Crippen LogP contribution in [0.1, 0.15) is 91.0 Å². The fraction of sp³-hybridized carbons (Fsp3) is 0.349. The van der Waals surface area contributed by atoms with Crippen molar-refractivity contribution in [1.82, 2.24) is 34.9 Å². The Morgan fingerprint density at radius 2 is 1.56 bits per heavy atom. The monoisotopic (exact) mass is 818 g/mol. The lowest BCUT2D eigenvalue weighted by Crippen LogP contribution is -2.54. The average molecular weight is 819 g/mol. The number of nitrogens with zero attached hydrogens (tertiary/aromatic N) is 6. The number of hydrogen-bond acceptors (Lipinski definition) is 11. The second-order valence-corrected chi connectivity index (χ2v) is 16.0. The van der Waals surface area contributed by atoms with Gasteiger partial charge < -0.3 is 15.4 Å². The van der Waals surface area contributed by atoms with E-state index in [1.807, 2.05) is 64.2 Å². The maximum absolute atomic E-state index is 14.8. The second kappa shape index (κ2) is 17.4. The molecule has 14 nitrogen and oxygen atoms in total. The van der Waals surface area contributed by atoms with Crippen molar-refractivity contribution < 1.29 is 33.1 Å². The summed E-state index contributed by atoms with van der Waals surface area (Å²) in [4.78, 5) is 75.7. The lowest BCUT2D eigenvalue weighted by atomic mass is 10.0. The van der Waals surface area contributed by atoms with Crippen LogP contribution in [0, 0.1) is 5.82 Å². The van der Waals surface area contributed by atoms with Crippen molar-refractivity contribution in [2.75, 3.05) is 24.6 Å². The number of fused-ring (bicyclic) bond motifs is 2. The zero-order valence-electron chi connectivity index (χ0n) is 32.3. The number of halogens is 1. The number of thioether (sulfide) groups is 1. The van der Waals surface area contributed by atoms with Gasteiger partial charge in [-0.1, -0.05) is 37.5 Å². The molecule has 3 N–H and O–H groups in total. The molecule has 5 amide bonds. The van der Waals surface area contributed by atoms with E-state index in [-0.39, 0.29) is 35.9 Å². The summed E-state index contributed by atoms with van der Waals surface area (Å²) in [6.45, 7) is 1.24. The molecule has 3 aliphatic heterocycles. The highest BCUT2D eigenvalue weighted by Gasteiger charge is 2.47. The summed E-state index contributed by atoms with van der Waals surface area (Å²) in [5.74, 6) is -0.988. The van der Waals surface area contributed by atoms with E-state index in [1.165, 1.54) is 30.2 Å². The van der Waals surface area contributed by atoms with Gasteiger partial charge in [0, 0.05) is 36.4 Å².